The Morgan fingerprint density at radius 2 is 1.89 bits per heavy atom. The third-order valence-corrected chi connectivity index (χ3v) is 5.74. The van der Waals surface area contributed by atoms with Gasteiger partial charge in [0.25, 0.3) is 11.5 Å². The lowest BCUT2D eigenvalue weighted by atomic mass is 9.94. The molecule has 14 heteroatoms. The number of aryl methyl sites for hydroxylation is 1. The number of nitrogens with zero attached hydrogens (tertiary/aromatic N) is 6. The number of amides is 1. The van der Waals surface area contributed by atoms with E-state index in [9.17, 15) is 27.5 Å². The molecular formula is C21H15F4N7O3. The summed E-state index contributed by atoms with van der Waals surface area (Å²) in [7, 11) is 1.09. The third kappa shape index (κ3) is 3.20. The second-order valence-corrected chi connectivity index (χ2v) is 8.06. The second-order valence-electron chi connectivity index (χ2n) is 8.06. The van der Waals surface area contributed by atoms with Crippen LogP contribution in [0, 0.1) is 18.6 Å². The molecule has 3 N–H and O–H groups in total. The van der Waals surface area contributed by atoms with Crippen molar-refractivity contribution < 1.29 is 32.0 Å². The smallest absolute Gasteiger partial charge is 0.309 e. The van der Waals surface area contributed by atoms with E-state index < -0.39 is 46.9 Å². The summed E-state index contributed by atoms with van der Waals surface area (Å²) in [5, 5.41) is 14.1. The molecule has 0 saturated carbocycles. The van der Waals surface area contributed by atoms with E-state index in [2.05, 4.69) is 25.1 Å². The predicted molar refractivity (Wildman–Crippen MR) is 112 cm³/mol. The number of aliphatic hydroxyl groups is 1. The van der Waals surface area contributed by atoms with Gasteiger partial charge < -0.3 is 20.3 Å². The van der Waals surface area contributed by atoms with Crippen LogP contribution in [0.3, 0.4) is 0 Å². The van der Waals surface area contributed by atoms with E-state index >= 15 is 0 Å². The molecule has 5 rings (SSSR count). The van der Waals surface area contributed by atoms with Gasteiger partial charge in [0.2, 0.25) is 0 Å². The Labute approximate surface area is 193 Å². The lowest BCUT2D eigenvalue weighted by Crippen LogP contribution is -2.46. The van der Waals surface area contributed by atoms with Gasteiger partial charge in [-0.3, -0.25) is 4.79 Å². The zero-order valence-electron chi connectivity index (χ0n) is 18.1. The van der Waals surface area contributed by atoms with Crippen LogP contribution in [0.1, 0.15) is 11.5 Å². The fraction of sp³-hybridized carbons (Fsp3) is 0.238. The maximum absolute atomic E-state index is 14.8. The summed E-state index contributed by atoms with van der Waals surface area (Å²) in [5.41, 5.74) is 2.55. The molecule has 0 radical (unpaired) electrons. The molecule has 3 aromatic heterocycles. The molecule has 1 aliphatic rings. The van der Waals surface area contributed by atoms with Gasteiger partial charge in [-0.25, -0.2) is 37.5 Å². The van der Waals surface area contributed by atoms with E-state index in [0.29, 0.717) is 16.1 Å². The van der Waals surface area contributed by atoms with E-state index in [1.165, 1.54) is 6.33 Å². The molecule has 180 valence electrons. The SMILES string of the molecule is Cc1nc(-c2cc(-c3cc(C4(O)C(=O)N(C)CC4(F)F)on3)cc(F)c2F)nc2c(N)ncnc12. The maximum Gasteiger partial charge on any atom is 0.309 e. The first-order chi connectivity index (χ1) is 16.4. The van der Waals surface area contributed by atoms with Gasteiger partial charge in [-0.2, -0.15) is 0 Å². The number of fused-ring (bicyclic) bond motifs is 1. The number of alkyl halides is 2. The van der Waals surface area contributed by atoms with Crippen LogP contribution in [0.15, 0.2) is 29.0 Å². The van der Waals surface area contributed by atoms with Gasteiger partial charge in [0, 0.05) is 18.7 Å². The Bertz CT molecular complexity index is 1530. The first-order valence-electron chi connectivity index (χ1n) is 10.0. The molecule has 1 amide bonds. The average molecular weight is 489 g/mol. The van der Waals surface area contributed by atoms with Crippen LogP contribution < -0.4 is 5.73 Å². The van der Waals surface area contributed by atoms with E-state index in [4.69, 9.17) is 10.3 Å². The highest BCUT2D eigenvalue weighted by atomic mass is 19.3. The molecule has 4 aromatic rings. The highest BCUT2D eigenvalue weighted by Gasteiger charge is 2.68. The Morgan fingerprint density at radius 3 is 2.57 bits per heavy atom. The van der Waals surface area contributed by atoms with Crippen molar-refractivity contribution in [3.8, 4) is 22.6 Å². The van der Waals surface area contributed by atoms with Crippen molar-refractivity contribution >= 4 is 22.8 Å². The van der Waals surface area contributed by atoms with Crippen molar-refractivity contribution in [3.63, 3.8) is 0 Å². The third-order valence-electron chi connectivity index (χ3n) is 5.74. The zero-order chi connectivity index (χ0) is 25.3. The van der Waals surface area contributed by atoms with Gasteiger partial charge in [-0.15, -0.1) is 0 Å². The number of likely N-dealkylation sites (tertiary alicyclic amines) is 1. The average Bonchev–Trinajstić information content (AvgIpc) is 3.35. The van der Waals surface area contributed by atoms with Gasteiger partial charge in [0.15, 0.2) is 29.0 Å². The molecule has 1 atom stereocenters. The number of aromatic nitrogens is 5. The first kappa shape index (κ1) is 22.6. The molecule has 35 heavy (non-hydrogen) atoms. The van der Waals surface area contributed by atoms with E-state index in [0.717, 1.165) is 25.2 Å². The minimum Gasteiger partial charge on any atom is -0.382 e. The monoisotopic (exact) mass is 489 g/mol. The van der Waals surface area contributed by atoms with E-state index in [1.807, 2.05) is 0 Å². The second kappa shape index (κ2) is 7.40. The standard InChI is InChI=1S/C21H15F4N7O3/c1-8-15-16(17(26)28-7-27-15)30-18(29-8)10-3-9(4-11(22)14(10)23)12-5-13(35-31-12)21(34)19(33)32(2)6-20(21,24)25/h3-5,7,34H,6H2,1-2H3,(H2,26,27,28). The number of hydrogen-bond acceptors (Lipinski definition) is 9. The Balaban J connectivity index is 1.63. The van der Waals surface area contributed by atoms with Gasteiger partial charge in [0.05, 0.1) is 17.8 Å². The highest BCUT2D eigenvalue weighted by molar-refractivity contribution is 5.90. The van der Waals surface area contributed by atoms with Crippen molar-refractivity contribution in [1.82, 2.24) is 30.0 Å². The number of likely N-dealkylation sites (N-methyl/N-ethyl adjacent to an activating group) is 1. The number of carbonyl (C=O) groups excluding carboxylic acids is 1. The van der Waals surface area contributed by atoms with Crippen LogP contribution >= 0.6 is 0 Å². The Morgan fingerprint density at radius 1 is 1.14 bits per heavy atom. The summed E-state index contributed by atoms with van der Waals surface area (Å²) in [4.78, 5) is 29.1. The van der Waals surface area contributed by atoms with Crippen LogP contribution in [0.2, 0.25) is 0 Å². The number of anilines is 1. The minimum absolute atomic E-state index is 0.000276. The molecule has 1 saturated heterocycles. The molecule has 0 aliphatic carbocycles. The molecule has 10 nitrogen and oxygen atoms in total. The number of rotatable bonds is 3. The van der Waals surface area contributed by atoms with Crippen LogP contribution in [0.5, 0.6) is 0 Å². The van der Waals surface area contributed by atoms with Crippen LogP contribution in [-0.4, -0.2) is 60.5 Å². The van der Waals surface area contributed by atoms with Gasteiger partial charge in [-0.1, -0.05) is 5.16 Å². The Kier molecular flexibility index (Phi) is 4.77. The van der Waals surface area contributed by atoms with Crippen LogP contribution in [-0.2, 0) is 10.4 Å². The van der Waals surface area contributed by atoms with Gasteiger partial charge in [0.1, 0.15) is 23.1 Å². The molecule has 0 bridgehead atoms. The summed E-state index contributed by atoms with van der Waals surface area (Å²) < 4.78 is 63.1. The number of benzene rings is 1. The van der Waals surface area contributed by atoms with Crippen molar-refractivity contribution in [2.75, 3.05) is 19.3 Å². The van der Waals surface area contributed by atoms with Crippen molar-refractivity contribution in [2.45, 2.75) is 18.4 Å². The summed E-state index contributed by atoms with van der Waals surface area (Å²) in [6.07, 6.45) is 1.21. The van der Waals surface area contributed by atoms with Crippen molar-refractivity contribution in [3.05, 3.63) is 47.6 Å². The fourth-order valence-electron chi connectivity index (χ4n) is 3.91. The molecule has 1 aromatic carbocycles. The summed E-state index contributed by atoms with van der Waals surface area (Å²) in [6.45, 7) is 0.525. The van der Waals surface area contributed by atoms with E-state index in [-0.39, 0.29) is 28.4 Å². The maximum atomic E-state index is 14.8. The molecule has 1 fully saturated rings. The molecular weight excluding hydrogens is 474 g/mol. The van der Waals surface area contributed by atoms with Crippen LogP contribution in [0.25, 0.3) is 33.7 Å². The Hall–Kier alpha value is -4.20. The van der Waals surface area contributed by atoms with E-state index in [1.54, 1.807) is 6.92 Å². The summed E-state index contributed by atoms with van der Waals surface area (Å²) >= 11 is 0. The van der Waals surface area contributed by atoms with Gasteiger partial charge >= 0.3 is 5.92 Å². The van der Waals surface area contributed by atoms with Crippen molar-refractivity contribution in [2.24, 2.45) is 0 Å². The quantitative estimate of drug-likeness (QED) is 0.414. The highest BCUT2D eigenvalue weighted by Crippen LogP contribution is 2.45. The largest absolute Gasteiger partial charge is 0.382 e. The number of halogens is 4. The lowest BCUT2D eigenvalue weighted by molar-refractivity contribution is -0.179. The molecule has 1 unspecified atom stereocenters. The van der Waals surface area contributed by atoms with Crippen LogP contribution in [0.4, 0.5) is 23.4 Å². The topological polar surface area (TPSA) is 144 Å². The van der Waals surface area contributed by atoms with Gasteiger partial charge in [-0.05, 0) is 19.1 Å². The lowest BCUT2D eigenvalue weighted by Gasteiger charge is -2.22. The minimum atomic E-state index is -3.88. The number of carbonyl (C=O) groups is 1. The summed E-state index contributed by atoms with van der Waals surface area (Å²) in [5.74, 6) is -8.87. The fourth-order valence-corrected chi connectivity index (χ4v) is 3.91. The van der Waals surface area contributed by atoms with Crippen molar-refractivity contribution in [1.29, 1.82) is 0 Å². The molecule has 0 spiro atoms. The summed E-state index contributed by atoms with van der Waals surface area (Å²) in [6, 6.07) is 2.72. The first-order valence-corrected chi connectivity index (χ1v) is 10.0. The molecule has 4 heterocycles. The number of nitrogens with two attached hydrogens (primary N) is 1. The molecule has 1 aliphatic heterocycles. The number of hydrogen-bond donors (Lipinski definition) is 2. The predicted octanol–water partition coefficient (Wildman–Crippen LogP) is 2.21. The zero-order valence-corrected chi connectivity index (χ0v) is 18.1. The number of nitrogen functional groups attached to an aromatic ring is 1. The normalized spacial score (nSPS) is 19.6.